The summed E-state index contributed by atoms with van der Waals surface area (Å²) in [7, 11) is 0. The zero-order chi connectivity index (χ0) is 12.4. The maximum Gasteiger partial charge on any atom is 0.322 e. The third-order valence-corrected chi connectivity index (χ3v) is 2.57. The first-order valence-electron chi connectivity index (χ1n) is 5.31. The molecule has 0 N–H and O–H groups in total. The quantitative estimate of drug-likeness (QED) is 0.705. The Balaban J connectivity index is 1.92. The largest absolute Gasteiger partial charge is 0.423 e. The van der Waals surface area contributed by atoms with Crippen LogP contribution in [-0.2, 0) is 0 Å². The lowest BCUT2D eigenvalue weighted by Gasteiger charge is -2.04. The SMILES string of the molecule is Clc1cnc(Oc2cnc3ccccc3c2)nc1. The molecule has 0 atom stereocenters. The summed E-state index contributed by atoms with van der Waals surface area (Å²) in [6, 6.07) is 9.94. The van der Waals surface area contributed by atoms with E-state index in [0.29, 0.717) is 10.8 Å². The Labute approximate surface area is 108 Å². The van der Waals surface area contributed by atoms with Gasteiger partial charge in [-0.25, -0.2) is 9.97 Å². The van der Waals surface area contributed by atoms with Crippen molar-refractivity contribution in [2.45, 2.75) is 0 Å². The van der Waals surface area contributed by atoms with Gasteiger partial charge < -0.3 is 4.74 Å². The van der Waals surface area contributed by atoms with Gasteiger partial charge in [-0.1, -0.05) is 29.8 Å². The van der Waals surface area contributed by atoms with Gasteiger partial charge in [0.1, 0.15) is 5.75 Å². The van der Waals surface area contributed by atoms with Crippen molar-refractivity contribution in [3.8, 4) is 11.8 Å². The first kappa shape index (κ1) is 10.9. The van der Waals surface area contributed by atoms with Gasteiger partial charge in [0.25, 0.3) is 0 Å². The Morgan fingerprint density at radius 3 is 2.56 bits per heavy atom. The van der Waals surface area contributed by atoms with Gasteiger partial charge in [-0.2, -0.15) is 0 Å². The molecule has 3 rings (SSSR count). The van der Waals surface area contributed by atoms with E-state index in [1.807, 2.05) is 30.3 Å². The second-order valence-corrected chi connectivity index (χ2v) is 4.09. The van der Waals surface area contributed by atoms with Crippen molar-refractivity contribution in [3.05, 3.63) is 53.9 Å². The lowest BCUT2D eigenvalue weighted by atomic mass is 10.2. The van der Waals surface area contributed by atoms with Crippen molar-refractivity contribution >= 4 is 22.5 Å². The number of rotatable bonds is 2. The fourth-order valence-corrected chi connectivity index (χ4v) is 1.66. The summed E-state index contributed by atoms with van der Waals surface area (Å²) in [6.45, 7) is 0. The first-order valence-corrected chi connectivity index (χ1v) is 5.69. The molecular weight excluding hydrogens is 250 g/mol. The molecule has 0 spiro atoms. The third-order valence-electron chi connectivity index (χ3n) is 2.37. The summed E-state index contributed by atoms with van der Waals surface area (Å²) in [4.78, 5) is 12.2. The number of pyridine rings is 1. The average Bonchev–Trinajstić information content (AvgIpc) is 2.41. The van der Waals surface area contributed by atoms with Crippen LogP contribution in [0.2, 0.25) is 5.02 Å². The van der Waals surface area contributed by atoms with E-state index in [1.54, 1.807) is 6.20 Å². The highest BCUT2D eigenvalue weighted by Gasteiger charge is 2.02. The van der Waals surface area contributed by atoms with Gasteiger partial charge in [0, 0.05) is 5.39 Å². The summed E-state index contributed by atoms with van der Waals surface area (Å²) in [6.07, 6.45) is 4.61. The molecule has 3 aromatic rings. The Bertz CT molecular complexity index is 685. The molecule has 0 radical (unpaired) electrons. The van der Waals surface area contributed by atoms with Crippen LogP contribution in [0.4, 0.5) is 0 Å². The molecule has 2 heterocycles. The second-order valence-electron chi connectivity index (χ2n) is 3.65. The zero-order valence-electron chi connectivity index (χ0n) is 9.25. The number of halogens is 1. The van der Waals surface area contributed by atoms with Gasteiger partial charge in [0.05, 0.1) is 29.1 Å². The van der Waals surface area contributed by atoms with Crippen molar-refractivity contribution in [3.63, 3.8) is 0 Å². The van der Waals surface area contributed by atoms with Gasteiger partial charge in [-0.15, -0.1) is 0 Å². The molecule has 0 aliphatic carbocycles. The van der Waals surface area contributed by atoms with Crippen LogP contribution in [0.15, 0.2) is 48.9 Å². The number of benzene rings is 1. The summed E-state index contributed by atoms with van der Waals surface area (Å²) in [5.74, 6) is 0.594. The van der Waals surface area contributed by atoms with Crippen LogP contribution in [0.3, 0.4) is 0 Å². The smallest absolute Gasteiger partial charge is 0.322 e. The van der Waals surface area contributed by atoms with E-state index in [9.17, 15) is 0 Å². The highest BCUT2D eigenvalue weighted by atomic mass is 35.5. The molecule has 0 unspecified atom stereocenters. The van der Waals surface area contributed by atoms with E-state index < -0.39 is 0 Å². The molecule has 0 saturated heterocycles. The van der Waals surface area contributed by atoms with Crippen LogP contribution < -0.4 is 4.74 Å². The van der Waals surface area contributed by atoms with Crippen LogP contribution in [0.1, 0.15) is 0 Å². The van der Waals surface area contributed by atoms with Crippen molar-refractivity contribution in [2.75, 3.05) is 0 Å². The summed E-state index contributed by atoms with van der Waals surface area (Å²) in [5.41, 5.74) is 0.918. The molecule has 2 aromatic heterocycles. The molecule has 0 aliphatic heterocycles. The summed E-state index contributed by atoms with van der Waals surface area (Å²) in [5, 5.41) is 1.47. The van der Waals surface area contributed by atoms with Crippen LogP contribution in [0.25, 0.3) is 10.9 Å². The number of aromatic nitrogens is 3. The Morgan fingerprint density at radius 1 is 0.944 bits per heavy atom. The van der Waals surface area contributed by atoms with Gasteiger partial charge >= 0.3 is 6.01 Å². The fraction of sp³-hybridized carbons (Fsp3) is 0. The van der Waals surface area contributed by atoms with E-state index in [2.05, 4.69) is 15.0 Å². The van der Waals surface area contributed by atoms with Crippen molar-refractivity contribution in [1.82, 2.24) is 15.0 Å². The molecule has 4 nitrogen and oxygen atoms in total. The lowest BCUT2D eigenvalue weighted by molar-refractivity contribution is 0.440. The van der Waals surface area contributed by atoms with Crippen molar-refractivity contribution < 1.29 is 4.74 Å². The van der Waals surface area contributed by atoms with Crippen molar-refractivity contribution in [2.24, 2.45) is 0 Å². The average molecular weight is 258 g/mol. The monoisotopic (exact) mass is 257 g/mol. The molecule has 0 amide bonds. The minimum atomic E-state index is 0.247. The Hall–Kier alpha value is -2.20. The highest BCUT2D eigenvalue weighted by molar-refractivity contribution is 6.30. The molecule has 0 bridgehead atoms. The summed E-state index contributed by atoms with van der Waals surface area (Å²) >= 11 is 5.70. The second kappa shape index (κ2) is 4.58. The Kier molecular flexibility index (Phi) is 2.78. The number of hydrogen-bond acceptors (Lipinski definition) is 4. The maximum absolute atomic E-state index is 5.70. The van der Waals surface area contributed by atoms with Gasteiger partial charge in [0.2, 0.25) is 0 Å². The minimum absolute atomic E-state index is 0.247. The number of ether oxygens (including phenoxy) is 1. The molecule has 0 aliphatic rings. The minimum Gasteiger partial charge on any atom is -0.423 e. The molecule has 0 saturated carbocycles. The molecule has 1 aromatic carbocycles. The molecule has 18 heavy (non-hydrogen) atoms. The van der Waals surface area contributed by atoms with Crippen LogP contribution in [0, 0.1) is 0 Å². The summed E-state index contributed by atoms with van der Waals surface area (Å²) < 4.78 is 5.50. The van der Waals surface area contributed by atoms with E-state index in [0.717, 1.165) is 10.9 Å². The number of para-hydroxylation sites is 1. The highest BCUT2D eigenvalue weighted by Crippen LogP contribution is 2.21. The molecule has 0 fully saturated rings. The normalized spacial score (nSPS) is 10.5. The van der Waals surface area contributed by atoms with Crippen molar-refractivity contribution in [1.29, 1.82) is 0 Å². The molecule has 5 heteroatoms. The first-order chi connectivity index (χ1) is 8.81. The number of hydrogen-bond donors (Lipinski definition) is 0. The van der Waals surface area contributed by atoms with Gasteiger partial charge in [-0.3, -0.25) is 4.98 Å². The Morgan fingerprint density at radius 2 is 1.72 bits per heavy atom. The maximum atomic E-state index is 5.70. The number of nitrogens with zero attached hydrogens (tertiary/aromatic N) is 3. The van der Waals surface area contributed by atoms with E-state index >= 15 is 0 Å². The zero-order valence-corrected chi connectivity index (χ0v) is 10.0. The van der Waals surface area contributed by atoms with Crippen LogP contribution in [0.5, 0.6) is 11.8 Å². The number of fused-ring (bicyclic) bond motifs is 1. The van der Waals surface area contributed by atoms with E-state index in [1.165, 1.54) is 12.4 Å². The fourth-order valence-electron chi connectivity index (χ4n) is 1.57. The predicted molar refractivity (Wildman–Crippen MR) is 68.9 cm³/mol. The topological polar surface area (TPSA) is 47.9 Å². The third kappa shape index (κ3) is 2.24. The van der Waals surface area contributed by atoms with Gasteiger partial charge in [0.15, 0.2) is 0 Å². The van der Waals surface area contributed by atoms with Crippen LogP contribution in [-0.4, -0.2) is 15.0 Å². The molecular formula is C13H8ClN3O. The van der Waals surface area contributed by atoms with Gasteiger partial charge in [-0.05, 0) is 12.1 Å². The lowest BCUT2D eigenvalue weighted by Crippen LogP contribution is -1.91. The van der Waals surface area contributed by atoms with Crippen LogP contribution >= 0.6 is 11.6 Å². The standard InChI is InChI=1S/C13H8ClN3O/c14-10-6-16-13(17-7-10)18-11-5-9-3-1-2-4-12(9)15-8-11/h1-8H. The van der Waals surface area contributed by atoms with E-state index in [4.69, 9.17) is 16.3 Å². The predicted octanol–water partition coefficient (Wildman–Crippen LogP) is 3.47. The molecule has 88 valence electrons. The van der Waals surface area contributed by atoms with E-state index in [-0.39, 0.29) is 6.01 Å².